The predicted octanol–water partition coefficient (Wildman–Crippen LogP) is 14.6. The van der Waals surface area contributed by atoms with Crippen LogP contribution in [0.5, 0.6) is 0 Å². The third kappa shape index (κ3) is 6.49. The van der Waals surface area contributed by atoms with Crippen LogP contribution in [0.2, 0.25) is 0 Å². The Bertz CT molecular complexity index is 3660. The highest BCUT2D eigenvalue weighted by atomic mass is 16.3. The van der Waals surface area contributed by atoms with Crippen molar-refractivity contribution in [2.45, 2.75) is 24.7 Å². The Morgan fingerprint density at radius 1 is 0.500 bits per heavy atom. The molecule has 66 heavy (non-hydrogen) atoms. The summed E-state index contributed by atoms with van der Waals surface area (Å²) in [7, 11) is 0. The fraction of sp³-hybridized carbons (Fsp3) is 0.0667. The average molecular weight is 848 g/mol. The van der Waals surface area contributed by atoms with E-state index in [0.717, 1.165) is 63.6 Å². The fourth-order valence-corrected chi connectivity index (χ4v) is 10.1. The van der Waals surface area contributed by atoms with Gasteiger partial charge in [-0.1, -0.05) is 182 Å². The first-order chi connectivity index (χ1) is 32.7. The van der Waals surface area contributed by atoms with Crippen molar-refractivity contribution in [3.05, 3.63) is 241 Å². The van der Waals surface area contributed by atoms with Crippen LogP contribution in [0.3, 0.4) is 0 Å². The lowest BCUT2D eigenvalue weighted by Gasteiger charge is -2.29. The second-order valence-corrected chi connectivity index (χ2v) is 17.3. The van der Waals surface area contributed by atoms with Gasteiger partial charge < -0.3 is 8.98 Å². The van der Waals surface area contributed by atoms with E-state index in [0.29, 0.717) is 11.6 Å². The van der Waals surface area contributed by atoms with Crippen molar-refractivity contribution in [2.75, 3.05) is 0 Å². The quantitative estimate of drug-likeness (QED) is 0.160. The molecule has 2 aliphatic carbocycles. The highest BCUT2D eigenvalue weighted by Crippen LogP contribution is 2.48. The number of rotatable bonds is 7. The van der Waals surface area contributed by atoms with Gasteiger partial charge in [-0.25, -0.2) is 19.9 Å². The van der Waals surface area contributed by atoms with Gasteiger partial charge in [-0.3, -0.25) is 0 Å². The van der Waals surface area contributed by atoms with Crippen LogP contribution in [0, 0.1) is 0 Å². The zero-order chi connectivity index (χ0) is 43.6. The lowest BCUT2D eigenvalue weighted by atomic mass is 9.77. The number of aromatic nitrogens is 5. The summed E-state index contributed by atoms with van der Waals surface area (Å²) in [5, 5.41) is 2.41. The normalized spacial score (nSPS) is 15.5. The zero-order valence-corrected chi connectivity index (χ0v) is 35.9. The van der Waals surface area contributed by atoms with Gasteiger partial charge in [0, 0.05) is 27.6 Å². The lowest BCUT2D eigenvalue weighted by molar-refractivity contribution is 0.505. The molecule has 0 fully saturated rings. The number of hydrogen-bond acceptors (Lipinski definition) is 5. The molecule has 0 spiro atoms. The molecule has 312 valence electrons. The molecule has 0 amide bonds. The van der Waals surface area contributed by atoms with Gasteiger partial charge in [-0.05, 0) is 87.7 Å². The Kier molecular flexibility index (Phi) is 9.01. The standard InChI is InChI=1S/C60H41N5O/c1-3-13-38(14-4-1)39-23-27-43(28-24-39)58-62-57(42-15-5-2-6-16-42)63-59(64-58)51-37-45-17-7-8-18-47(45)49-35-36-50-48-19-9-11-21-53(48)65(56(50)55(49)51)46-33-31-41(32-34-46)40-25-29-44(30-26-40)60-61-52-20-10-12-22-54(52)66-60/h1-29,31-36,44,51H,30,37H2/t44?,51-/m0/s1. The topological polar surface area (TPSA) is 69.6 Å². The van der Waals surface area contributed by atoms with Gasteiger partial charge >= 0.3 is 0 Å². The molecule has 0 saturated carbocycles. The van der Waals surface area contributed by atoms with Crippen molar-refractivity contribution in [1.29, 1.82) is 0 Å². The van der Waals surface area contributed by atoms with E-state index in [4.69, 9.17) is 24.4 Å². The van der Waals surface area contributed by atoms with Gasteiger partial charge in [0.1, 0.15) is 11.3 Å². The van der Waals surface area contributed by atoms with Gasteiger partial charge in [0.2, 0.25) is 5.89 Å². The number of benzene rings is 8. The third-order valence-electron chi connectivity index (χ3n) is 13.4. The van der Waals surface area contributed by atoms with E-state index in [2.05, 4.69) is 168 Å². The van der Waals surface area contributed by atoms with Crippen molar-refractivity contribution in [1.82, 2.24) is 24.5 Å². The zero-order valence-electron chi connectivity index (χ0n) is 35.9. The summed E-state index contributed by atoms with van der Waals surface area (Å²) in [6.07, 6.45) is 8.31. The molecule has 0 radical (unpaired) electrons. The molecule has 2 aliphatic rings. The van der Waals surface area contributed by atoms with E-state index >= 15 is 0 Å². The lowest BCUT2D eigenvalue weighted by Crippen LogP contribution is -2.18. The summed E-state index contributed by atoms with van der Waals surface area (Å²) in [6.45, 7) is 0. The van der Waals surface area contributed by atoms with Crippen molar-refractivity contribution in [3.63, 3.8) is 0 Å². The second-order valence-electron chi connectivity index (χ2n) is 17.3. The minimum Gasteiger partial charge on any atom is -0.440 e. The van der Waals surface area contributed by atoms with Gasteiger partial charge in [0.05, 0.1) is 22.9 Å². The monoisotopic (exact) mass is 847 g/mol. The summed E-state index contributed by atoms with van der Waals surface area (Å²) in [6, 6.07) is 68.6. The number of oxazole rings is 1. The maximum Gasteiger partial charge on any atom is 0.202 e. The molecular formula is C60H41N5O. The Labute approximate surface area is 381 Å². The van der Waals surface area contributed by atoms with Crippen LogP contribution < -0.4 is 0 Å². The van der Waals surface area contributed by atoms with Crippen molar-refractivity contribution >= 4 is 38.5 Å². The van der Waals surface area contributed by atoms with Crippen LogP contribution in [0.1, 0.15) is 46.7 Å². The van der Waals surface area contributed by atoms with E-state index in [-0.39, 0.29) is 11.8 Å². The van der Waals surface area contributed by atoms with Gasteiger partial charge in [-0.15, -0.1) is 0 Å². The van der Waals surface area contributed by atoms with E-state index in [9.17, 15) is 0 Å². The fourth-order valence-electron chi connectivity index (χ4n) is 10.1. The smallest absolute Gasteiger partial charge is 0.202 e. The Morgan fingerprint density at radius 2 is 1.15 bits per heavy atom. The summed E-state index contributed by atoms with van der Waals surface area (Å²) in [5.41, 5.74) is 16.7. The van der Waals surface area contributed by atoms with Crippen LogP contribution in [0.25, 0.3) is 89.2 Å². The largest absolute Gasteiger partial charge is 0.440 e. The van der Waals surface area contributed by atoms with Crippen LogP contribution in [0.4, 0.5) is 0 Å². The molecule has 6 nitrogen and oxygen atoms in total. The molecule has 0 bridgehead atoms. The first-order valence-corrected chi connectivity index (χ1v) is 22.7. The van der Waals surface area contributed by atoms with Crippen LogP contribution in [-0.4, -0.2) is 24.5 Å². The summed E-state index contributed by atoms with van der Waals surface area (Å²) >= 11 is 0. The number of hydrogen-bond donors (Lipinski definition) is 0. The van der Waals surface area contributed by atoms with E-state index in [1.165, 1.54) is 55.2 Å². The van der Waals surface area contributed by atoms with Crippen molar-refractivity contribution in [2.24, 2.45) is 0 Å². The number of nitrogens with zero attached hydrogens (tertiary/aromatic N) is 5. The van der Waals surface area contributed by atoms with Crippen molar-refractivity contribution in [3.8, 4) is 50.7 Å². The maximum atomic E-state index is 6.14. The minimum absolute atomic E-state index is 0.103. The SMILES string of the molecule is C1=CC(c2nc3ccccc3o2)CC=C1c1ccc(-n2c3ccccc3c3ccc4c(c32)[C@@H](c2nc(-c3ccccc3)nc(-c3ccc(-c5ccccc5)cc3)n2)Cc2ccccc2-4)cc1. The molecule has 8 aromatic carbocycles. The number of allylic oxidation sites excluding steroid dienone is 4. The summed E-state index contributed by atoms with van der Waals surface area (Å²) in [4.78, 5) is 20.8. The van der Waals surface area contributed by atoms with Crippen LogP contribution >= 0.6 is 0 Å². The summed E-state index contributed by atoms with van der Waals surface area (Å²) < 4.78 is 8.60. The van der Waals surface area contributed by atoms with Gasteiger partial charge in [-0.2, -0.15) is 0 Å². The summed E-state index contributed by atoms with van der Waals surface area (Å²) in [5.74, 6) is 2.78. The Hall–Kier alpha value is -8.48. The number of fused-ring (bicyclic) bond motifs is 8. The molecule has 0 aliphatic heterocycles. The molecule has 1 unspecified atom stereocenters. The van der Waals surface area contributed by atoms with Gasteiger partial charge in [0.25, 0.3) is 0 Å². The molecular weight excluding hydrogens is 807 g/mol. The Morgan fingerprint density at radius 3 is 1.92 bits per heavy atom. The van der Waals surface area contributed by atoms with E-state index in [1.54, 1.807) is 0 Å². The van der Waals surface area contributed by atoms with E-state index in [1.807, 2.05) is 48.5 Å². The highest BCUT2D eigenvalue weighted by Gasteiger charge is 2.33. The molecule has 0 saturated heterocycles. The van der Waals surface area contributed by atoms with Crippen molar-refractivity contribution < 1.29 is 4.42 Å². The first-order valence-electron chi connectivity index (χ1n) is 22.7. The first kappa shape index (κ1) is 38.0. The molecule has 0 N–H and O–H groups in total. The molecule has 6 heteroatoms. The molecule has 2 atom stereocenters. The highest BCUT2D eigenvalue weighted by molar-refractivity contribution is 6.12. The molecule has 3 aromatic heterocycles. The maximum absolute atomic E-state index is 6.14. The minimum atomic E-state index is -0.166. The number of para-hydroxylation sites is 3. The molecule has 13 rings (SSSR count). The van der Waals surface area contributed by atoms with Crippen LogP contribution in [0.15, 0.2) is 217 Å². The van der Waals surface area contributed by atoms with Crippen LogP contribution in [-0.2, 0) is 6.42 Å². The molecule has 3 heterocycles. The Balaban J connectivity index is 0.951. The second kappa shape index (κ2) is 15.6. The molecule has 11 aromatic rings. The van der Waals surface area contributed by atoms with Gasteiger partial charge in [0.15, 0.2) is 17.2 Å². The predicted molar refractivity (Wildman–Crippen MR) is 266 cm³/mol. The average Bonchev–Trinajstić information content (AvgIpc) is 3.99. The third-order valence-corrected chi connectivity index (χ3v) is 13.4. The van der Waals surface area contributed by atoms with E-state index < -0.39 is 0 Å².